The van der Waals surface area contributed by atoms with Gasteiger partial charge >= 0.3 is 0 Å². The van der Waals surface area contributed by atoms with E-state index in [1.54, 1.807) is 111 Å². The molecule has 0 fully saturated rings. The second-order valence-electron chi connectivity index (χ2n) is 14.8. The summed E-state index contributed by atoms with van der Waals surface area (Å²) in [6.45, 7) is 6.90. The monoisotopic (exact) mass is 920 g/mol. The molecule has 0 radical (unpaired) electrons. The summed E-state index contributed by atoms with van der Waals surface area (Å²) in [6.07, 6.45) is 0. The van der Waals surface area contributed by atoms with Crippen molar-refractivity contribution in [3.8, 4) is 54.6 Å². The molecule has 9 nitrogen and oxygen atoms in total. The molecule has 0 saturated carbocycles. The van der Waals surface area contributed by atoms with Crippen molar-refractivity contribution in [3.63, 3.8) is 0 Å². The Morgan fingerprint density at radius 3 is 1.11 bits per heavy atom. The summed E-state index contributed by atoms with van der Waals surface area (Å²) in [5, 5.41) is 77.2. The standard InChI is InChI=1S/C10H5N3.3C9H6N2.3C8H10/c1-7-9(5-12)2-8(4-11)3-10(7)6-13;1-7-2-8(5-10)4-9(3-7)6-11;1-7-2-3-8(5-10)4-9(7)6-11;1-7-8(5-10)3-2-4-9(7)6-11;1-7-3-5-8(2)6-4-7;1-7-4-3-5-8(2)6-7;1-7-5-3-4-6-8(7)2/h2-3H,1H3;3*2-4H,1H3;3*3-6H,1-2H3/i;;;;3*1D3. The highest BCUT2D eigenvalue weighted by molar-refractivity contribution is 5.53. The van der Waals surface area contributed by atoms with Crippen molar-refractivity contribution in [2.45, 2.75) is 69.0 Å². The van der Waals surface area contributed by atoms with Gasteiger partial charge in [-0.25, -0.2) is 0 Å². The van der Waals surface area contributed by atoms with Crippen LogP contribution in [-0.2, 0) is 0 Å². The Kier molecular flexibility index (Phi) is 19.9. The van der Waals surface area contributed by atoms with Crippen molar-refractivity contribution < 1.29 is 12.3 Å². The molecule has 7 rings (SSSR count). The Labute approximate surface area is 427 Å². The first-order valence-corrected chi connectivity index (χ1v) is 20.9. The molecule has 0 unspecified atom stereocenters. The van der Waals surface area contributed by atoms with E-state index in [4.69, 9.17) is 59.7 Å². The Morgan fingerprint density at radius 1 is 0.271 bits per heavy atom. The summed E-state index contributed by atoms with van der Waals surface area (Å²) >= 11 is 0. The minimum absolute atomic E-state index is 0.346. The Bertz CT molecular complexity index is 3490. The van der Waals surface area contributed by atoms with Crippen LogP contribution in [0, 0.1) is 171 Å². The first-order valence-electron chi connectivity index (χ1n) is 25.4. The summed E-state index contributed by atoms with van der Waals surface area (Å²) in [4.78, 5) is 0. The van der Waals surface area contributed by atoms with E-state index < -0.39 is 20.6 Å². The molecule has 0 aliphatic carbocycles. The molecule has 9 heteroatoms. The number of rotatable bonds is 0. The summed E-state index contributed by atoms with van der Waals surface area (Å²) in [5.41, 5.74) is 11.9. The van der Waals surface area contributed by atoms with Gasteiger partial charge in [-0.1, -0.05) is 107 Å². The maximum atomic E-state index is 8.69. The van der Waals surface area contributed by atoms with Gasteiger partial charge in [0.25, 0.3) is 0 Å². The van der Waals surface area contributed by atoms with Crippen LogP contribution in [-0.4, -0.2) is 0 Å². The molecule has 0 aliphatic rings. The van der Waals surface area contributed by atoms with Gasteiger partial charge in [-0.05, 0) is 157 Å². The number of hydrogen-bond donors (Lipinski definition) is 0. The molecular formula is C61H53N9. The molecule has 0 amide bonds. The van der Waals surface area contributed by atoms with Crippen LogP contribution in [0.25, 0.3) is 0 Å². The highest BCUT2D eigenvalue weighted by Crippen LogP contribution is 2.15. The normalized spacial score (nSPS) is 11.0. The minimum Gasteiger partial charge on any atom is -0.192 e. The first-order chi connectivity index (χ1) is 37.1. The molecule has 0 atom stereocenters. The molecule has 0 bridgehead atoms. The quantitative estimate of drug-likeness (QED) is 0.141. The topological polar surface area (TPSA) is 214 Å². The molecule has 342 valence electrons. The van der Waals surface area contributed by atoms with Crippen molar-refractivity contribution in [1.82, 2.24) is 0 Å². The second kappa shape index (κ2) is 31.8. The van der Waals surface area contributed by atoms with Crippen molar-refractivity contribution in [1.29, 1.82) is 47.4 Å². The van der Waals surface area contributed by atoms with Gasteiger partial charge in [0.2, 0.25) is 0 Å². The smallest absolute Gasteiger partial charge is 0.0995 e. The van der Waals surface area contributed by atoms with Gasteiger partial charge in [-0.2, -0.15) is 47.4 Å². The lowest BCUT2D eigenvalue weighted by Gasteiger charge is -1.99. The van der Waals surface area contributed by atoms with Crippen molar-refractivity contribution >= 4 is 0 Å². The van der Waals surface area contributed by atoms with E-state index in [0.717, 1.165) is 33.4 Å². The van der Waals surface area contributed by atoms with Crippen molar-refractivity contribution in [2.24, 2.45) is 0 Å². The lowest BCUT2D eigenvalue weighted by molar-refractivity contribution is 1.33. The van der Waals surface area contributed by atoms with Gasteiger partial charge in [0.15, 0.2) is 0 Å². The molecule has 0 spiro atoms. The van der Waals surface area contributed by atoms with E-state index in [0.29, 0.717) is 72.3 Å². The lowest BCUT2D eigenvalue weighted by atomic mass is 10.0. The van der Waals surface area contributed by atoms with Crippen molar-refractivity contribution in [3.05, 3.63) is 245 Å². The third-order valence-electron chi connectivity index (χ3n) is 9.39. The maximum Gasteiger partial charge on any atom is 0.0995 e. The first kappa shape index (κ1) is 43.8. The molecule has 0 saturated heterocycles. The van der Waals surface area contributed by atoms with E-state index in [1.165, 1.54) is 12.1 Å². The average Bonchev–Trinajstić information content (AvgIpc) is 3.41. The highest BCUT2D eigenvalue weighted by Gasteiger charge is 2.06. The average molecular weight is 921 g/mol. The maximum absolute atomic E-state index is 8.69. The fourth-order valence-corrected chi connectivity index (χ4v) is 5.38. The number of benzene rings is 7. The molecule has 7 aromatic carbocycles. The predicted molar refractivity (Wildman–Crippen MR) is 275 cm³/mol. The molecule has 70 heavy (non-hydrogen) atoms. The van der Waals surface area contributed by atoms with E-state index in [9.17, 15) is 0 Å². The molecule has 7 aromatic rings. The predicted octanol–water partition coefficient (Wildman–Crippen LogP) is 13.7. The van der Waals surface area contributed by atoms with Crippen LogP contribution >= 0.6 is 0 Å². The second-order valence-corrected chi connectivity index (χ2v) is 14.8. The fraction of sp³-hybridized carbons (Fsp3) is 0.164. The zero-order valence-corrected chi connectivity index (χ0v) is 39.8. The summed E-state index contributed by atoms with van der Waals surface area (Å²) < 4.78 is 64.0. The third kappa shape index (κ3) is 21.3. The van der Waals surface area contributed by atoms with Gasteiger partial charge < -0.3 is 0 Å². The van der Waals surface area contributed by atoms with Crippen molar-refractivity contribution in [2.75, 3.05) is 0 Å². The fourth-order valence-electron chi connectivity index (χ4n) is 5.38. The van der Waals surface area contributed by atoms with Crippen LogP contribution in [0.1, 0.15) is 118 Å². The molecule has 0 heterocycles. The lowest BCUT2D eigenvalue weighted by Crippen LogP contribution is -1.90. The van der Waals surface area contributed by atoms with Gasteiger partial charge in [0.05, 0.1) is 105 Å². The van der Waals surface area contributed by atoms with Gasteiger partial charge in [-0.3, -0.25) is 0 Å². The van der Waals surface area contributed by atoms with E-state index in [-0.39, 0.29) is 0 Å². The largest absolute Gasteiger partial charge is 0.192 e. The van der Waals surface area contributed by atoms with E-state index >= 15 is 0 Å². The van der Waals surface area contributed by atoms with Crippen LogP contribution < -0.4 is 0 Å². The summed E-state index contributed by atoms with van der Waals surface area (Å²) in [6, 6.07) is 56.9. The molecule has 0 aliphatic heterocycles. The van der Waals surface area contributed by atoms with Crippen LogP contribution in [0.3, 0.4) is 0 Å². The number of nitrogens with zero attached hydrogens (tertiary/aromatic N) is 9. The van der Waals surface area contributed by atoms with E-state index in [1.807, 2.05) is 120 Å². The minimum atomic E-state index is -1.97. The van der Waals surface area contributed by atoms with Gasteiger partial charge in [0, 0.05) is 12.3 Å². The Morgan fingerprint density at radius 2 is 0.700 bits per heavy atom. The van der Waals surface area contributed by atoms with Crippen LogP contribution in [0.2, 0.25) is 0 Å². The van der Waals surface area contributed by atoms with Crippen LogP contribution in [0.4, 0.5) is 0 Å². The summed E-state index contributed by atoms with van der Waals surface area (Å²) in [5.74, 6) is 0. The molecular weight excluding hydrogens is 859 g/mol. The number of nitriles is 9. The van der Waals surface area contributed by atoms with Gasteiger partial charge in [0.1, 0.15) is 0 Å². The Hall–Kier alpha value is -10.1. The molecule has 0 aromatic heterocycles. The highest BCUT2D eigenvalue weighted by atomic mass is 14.3. The third-order valence-corrected chi connectivity index (χ3v) is 9.39. The van der Waals surface area contributed by atoms with Crippen LogP contribution in [0.5, 0.6) is 0 Å². The zero-order valence-electron chi connectivity index (χ0n) is 48.8. The summed E-state index contributed by atoms with van der Waals surface area (Å²) in [7, 11) is 0. The Balaban J connectivity index is 0.000000461. The number of hydrogen-bond acceptors (Lipinski definition) is 9. The zero-order chi connectivity index (χ0) is 60.1. The molecule has 0 N–H and O–H groups in total. The SMILES string of the molecule is Cc1c(C#N)cc(C#N)cc1C#N.Cc1c(C#N)cccc1C#N.Cc1cc(C#N)cc(C#N)c1.Cc1ccc(C#N)cc1C#N.[2H]C([2H])([2H])c1ccc(C)cc1.[2H]C([2H])([2H])c1cccc(C)c1.[2H]C([2H])([2H])c1ccccc1C. The van der Waals surface area contributed by atoms with E-state index in [2.05, 4.69) is 0 Å². The van der Waals surface area contributed by atoms with Crippen LogP contribution in [0.15, 0.2) is 140 Å². The van der Waals surface area contributed by atoms with Gasteiger partial charge in [-0.15, -0.1) is 0 Å². The number of aryl methyl sites for hydroxylation is 8.